The number of methoxy groups -OCH3 is 3. The van der Waals surface area contributed by atoms with Gasteiger partial charge in [0.05, 0.1) is 40.1 Å². The van der Waals surface area contributed by atoms with Crippen LogP contribution in [0, 0.1) is 0 Å². The predicted molar refractivity (Wildman–Crippen MR) is 77.3 cm³/mol. The minimum Gasteiger partial charge on any atom is -0.496 e. The molecule has 0 amide bonds. The summed E-state index contributed by atoms with van der Waals surface area (Å²) in [7, 11) is 4.77. The minimum absolute atomic E-state index is 0.122. The molecule has 3 N–H and O–H groups in total. The Labute approximate surface area is 120 Å². The normalized spacial score (nSPS) is 12.3. The lowest BCUT2D eigenvalue weighted by Gasteiger charge is -2.22. The number of hydrazine groups is 1. The van der Waals surface area contributed by atoms with E-state index in [1.165, 1.54) is 0 Å². The molecule has 1 rings (SSSR count). The van der Waals surface area contributed by atoms with Crippen LogP contribution in [0.25, 0.3) is 0 Å². The first-order valence-electron chi connectivity index (χ1n) is 6.45. The first kappa shape index (κ1) is 16.6. The topological polar surface area (TPSA) is 75.0 Å². The molecule has 0 spiro atoms. The Morgan fingerprint density at radius 2 is 1.55 bits per heavy atom. The second kappa shape index (κ2) is 7.94. The molecule has 0 aliphatic rings. The van der Waals surface area contributed by atoms with Gasteiger partial charge in [0.15, 0.2) is 11.5 Å². The lowest BCUT2D eigenvalue weighted by atomic mass is 10.1. The number of hydrogen-bond acceptors (Lipinski definition) is 6. The molecule has 0 aliphatic carbocycles. The van der Waals surface area contributed by atoms with Crippen LogP contribution in [0.1, 0.15) is 25.5 Å². The molecule has 0 heterocycles. The molecule has 0 fully saturated rings. The number of hydrogen-bond donors (Lipinski definition) is 2. The van der Waals surface area contributed by atoms with Gasteiger partial charge in [0, 0.05) is 11.6 Å². The monoisotopic (exact) mass is 284 g/mol. The van der Waals surface area contributed by atoms with Gasteiger partial charge < -0.3 is 18.9 Å². The van der Waals surface area contributed by atoms with Crippen LogP contribution in [-0.2, 0) is 4.74 Å². The molecular formula is C14H24N2O4. The van der Waals surface area contributed by atoms with Crippen molar-refractivity contribution >= 4 is 0 Å². The molecule has 6 heteroatoms. The first-order valence-corrected chi connectivity index (χ1v) is 6.45. The summed E-state index contributed by atoms with van der Waals surface area (Å²) in [5.41, 5.74) is 3.59. The van der Waals surface area contributed by atoms with E-state index in [-0.39, 0.29) is 12.1 Å². The Morgan fingerprint density at radius 3 is 2.00 bits per heavy atom. The molecule has 0 saturated heterocycles. The maximum Gasteiger partial charge on any atom is 0.164 e. The molecule has 0 aromatic heterocycles. The fraction of sp³-hybridized carbons (Fsp3) is 0.571. The predicted octanol–water partition coefficient (Wildman–Crippen LogP) is 1.64. The Hall–Kier alpha value is -1.50. The highest BCUT2D eigenvalue weighted by Crippen LogP contribution is 2.37. The van der Waals surface area contributed by atoms with Crippen LogP contribution in [0.2, 0.25) is 0 Å². The van der Waals surface area contributed by atoms with Gasteiger partial charge in [0.1, 0.15) is 5.75 Å². The van der Waals surface area contributed by atoms with Gasteiger partial charge in [-0.2, -0.15) is 0 Å². The molecule has 0 aliphatic heterocycles. The summed E-state index contributed by atoms with van der Waals surface area (Å²) in [6, 6.07) is 3.41. The maximum atomic E-state index is 5.62. The Balaban J connectivity index is 3.12. The molecule has 1 unspecified atom stereocenters. The van der Waals surface area contributed by atoms with Gasteiger partial charge in [0.25, 0.3) is 0 Å². The van der Waals surface area contributed by atoms with E-state index in [0.717, 1.165) is 5.56 Å². The fourth-order valence-electron chi connectivity index (χ4n) is 1.84. The van der Waals surface area contributed by atoms with Gasteiger partial charge in [-0.25, -0.2) is 0 Å². The van der Waals surface area contributed by atoms with Crippen LogP contribution < -0.4 is 25.5 Å². The number of ether oxygens (including phenoxy) is 4. The molecule has 1 aromatic carbocycles. The number of benzene rings is 1. The number of nitrogens with two attached hydrogens (primary N) is 1. The van der Waals surface area contributed by atoms with Gasteiger partial charge in [-0.1, -0.05) is 0 Å². The third kappa shape index (κ3) is 4.00. The van der Waals surface area contributed by atoms with E-state index in [0.29, 0.717) is 23.9 Å². The van der Waals surface area contributed by atoms with Crippen LogP contribution in [0.4, 0.5) is 0 Å². The molecule has 0 bridgehead atoms. The highest BCUT2D eigenvalue weighted by molar-refractivity contribution is 5.51. The Morgan fingerprint density at radius 1 is 1.00 bits per heavy atom. The zero-order valence-electron chi connectivity index (χ0n) is 12.7. The summed E-state index contributed by atoms with van der Waals surface area (Å²) >= 11 is 0. The molecule has 0 radical (unpaired) electrons. The second-order valence-electron chi connectivity index (χ2n) is 4.55. The van der Waals surface area contributed by atoms with Gasteiger partial charge in [-0.3, -0.25) is 11.3 Å². The third-order valence-electron chi connectivity index (χ3n) is 2.91. The van der Waals surface area contributed by atoms with Crippen molar-refractivity contribution in [3.8, 4) is 17.2 Å². The standard InChI is InChI=1S/C14H24N2O4/c1-9(2)20-8-11(16-15)10-6-13(18-4)14(19-5)7-12(10)17-3/h6-7,9,11,16H,8,15H2,1-5H3. The zero-order valence-corrected chi connectivity index (χ0v) is 12.7. The van der Waals surface area contributed by atoms with Crippen molar-refractivity contribution in [1.29, 1.82) is 0 Å². The maximum absolute atomic E-state index is 5.62. The van der Waals surface area contributed by atoms with E-state index in [9.17, 15) is 0 Å². The van der Waals surface area contributed by atoms with Crippen LogP contribution in [0.3, 0.4) is 0 Å². The van der Waals surface area contributed by atoms with E-state index in [1.807, 2.05) is 19.9 Å². The first-order chi connectivity index (χ1) is 9.57. The van der Waals surface area contributed by atoms with E-state index in [1.54, 1.807) is 27.4 Å². The van der Waals surface area contributed by atoms with E-state index in [4.69, 9.17) is 24.8 Å². The highest BCUT2D eigenvalue weighted by atomic mass is 16.5. The molecule has 1 atom stereocenters. The molecule has 114 valence electrons. The second-order valence-corrected chi connectivity index (χ2v) is 4.55. The van der Waals surface area contributed by atoms with Crippen molar-refractivity contribution in [2.24, 2.45) is 5.84 Å². The lowest BCUT2D eigenvalue weighted by Crippen LogP contribution is -2.32. The van der Waals surface area contributed by atoms with Gasteiger partial charge in [0.2, 0.25) is 0 Å². The van der Waals surface area contributed by atoms with Gasteiger partial charge >= 0.3 is 0 Å². The van der Waals surface area contributed by atoms with Crippen molar-refractivity contribution in [2.75, 3.05) is 27.9 Å². The Bertz CT molecular complexity index is 424. The van der Waals surface area contributed by atoms with Crippen molar-refractivity contribution < 1.29 is 18.9 Å². The molecule has 0 saturated carbocycles. The minimum atomic E-state index is -0.202. The van der Waals surface area contributed by atoms with E-state index in [2.05, 4.69) is 5.43 Å². The fourth-order valence-corrected chi connectivity index (χ4v) is 1.84. The molecule has 6 nitrogen and oxygen atoms in total. The van der Waals surface area contributed by atoms with Crippen molar-refractivity contribution in [1.82, 2.24) is 5.43 Å². The highest BCUT2D eigenvalue weighted by Gasteiger charge is 2.19. The number of nitrogens with one attached hydrogen (secondary N) is 1. The van der Waals surface area contributed by atoms with Crippen LogP contribution >= 0.6 is 0 Å². The van der Waals surface area contributed by atoms with E-state index >= 15 is 0 Å². The quantitative estimate of drug-likeness (QED) is 0.558. The summed E-state index contributed by atoms with van der Waals surface area (Å²) in [5.74, 6) is 7.51. The average molecular weight is 284 g/mol. The Kier molecular flexibility index (Phi) is 6.57. The lowest BCUT2D eigenvalue weighted by molar-refractivity contribution is 0.0606. The zero-order chi connectivity index (χ0) is 15.1. The molecular weight excluding hydrogens is 260 g/mol. The van der Waals surface area contributed by atoms with Crippen molar-refractivity contribution in [2.45, 2.75) is 26.0 Å². The smallest absolute Gasteiger partial charge is 0.164 e. The SMILES string of the molecule is COc1cc(OC)c(C(COC(C)C)NN)cc1OC. The van der Waals surface area contributed by atoms with Crippen LogP contribution in [0.5, 0.6) is 17.2 Å². The summed E-state index contributed by atoms with van der Waals surface area (Å²) < 4.78 is 21.6. The summed E-state index contributed by atoms with van der Waals surface area (Å²) in [6.07, 6.45) is 0.122. The largest absolute Gasteiger partial charge is 0.496 e. The van der Waals surface area contributed by atoms with E-state index < -0.39 is 0 Å². The van der Waals surface area contributed by atoms with Gasteiger partial charge in [-0.05, 0) is 19.9 Å². The van der Waals surface area contributed by atoms with Crippen molar-refractivity contribution in [3.63, 3.8) is 0 Å². The molecule has 1 aromatic rings. The van der Waals surface area contributed by atoms with Crippen LogP contribution in [0.15, 0.2) is 12.1 Å². The average Bonchev–Trinajstić information content (AvgIpc) is 2.46. The summed E-state index contributed by atoms with van der Waals surface area (Å²) in [5, 5.41) is 0. The summed E-state index contributed by atoms with van der Waals surface area (Å²) in [4.78, 5) is 0. The summed E-state index contributed by atoms with van der Waals surface area (Å²) in [6.45, 7) is 4.37. The third-order valence-corrected chi connectivity index (χ3v) is 2.91. The number of rotatable bonds is 8. The van der Waals surface area contributed by atoms with Crippen LogP contribution in [-0.4, -0.2) is 34.0 Å². The molecule has 20 heavy (non-hydrogen) atoms. The van der Waals surface area contributed by atoms with Gasteiger partial charge in [-0.15, -0.1) is 0 Å². The van der Waals surface area contributed by atoms with Crippen molar-refractivity contribution in [3.05, 3.63) is 17.7 Å².